The fourth-order valence-electron chi connectivity index (χ4n) is 16.3. The Morgan fingerprint density at radius 3 is 1.58 bits per heavy atom. The summed E-state index contributed by atoms with van der Waals surface area (Å²) in [6.07, 6.45) is -0.350. The highest BCUT2D eigenvalue weighted by Crippen LogP contribution is 2.49. The van der Waals surface area contributed by atoms with Crippen LogP contribution in [0.15, 0.2) is 84.9 Å². The van der Waals surface area contributed by atoms with Crippen molar-refractivity contribution in [1.82, 2.24) is 25.8 Å². The molecule has 530 valence electrons. The first-order valence-corrected chi connectivity index (χ1v) is 41.8. The van der Waals surface area contributed by atoms with Gasteiger partial charge in [0.2, 0.25) is 40.3 Å². The van der Waals surface area contributed by atoms with Gasteiger partial charge in [-0.2, -0.15) is 0 Å². The summed E-state index contributed by atoms with van der Waals surface area (Å²) in [6, 6.07) is 22.3. The van der Waals surface area contributed by atoms with Gasteiger partial charge in [0, 0.05) is 25.1 Å². The molecule has 0 bridgehead atoms. The number of alkyl carbamates (subject to hydrolysis) is 1. The van der Waals surface area contributed by atoms with E-state index in [1.54, 1.807) is 53.4 Å². The van der Waals surface area contributed by atoms with E-state index in [-0.39, 0.29) is 85.9 Å². The lowest BCUT2D eigenvalue weighted by atomic mass is 9.83. The van der Waals surface area contributed by atoms with Crippen LogP contribution in [0.3, 0.4) is 0 Å². The Balaban J connectivity index is 1.52. The highest BCUT2D eigenvalue weighted by molar-refractivity contribution is 6.79. The molecular formula is C74H120N6O12Si3. The third kappa shape index (κ3) is 20.1. The molecule has 7 atom stereocenters. The van der Waals surface area contributed by atoms with Gasteiger partial charge in [-0.3, -0.25) is 25.1 Å². The van der Waals surface area contributed by atoms with Crippen LogP contribution in [0.5, 0.6) is 5.75 Å². The maximum Gasteiger partial charge on any atom is 0.416 e. The maximum absolute atomic E-state index is 16.2. The molecule has 1 aliphatic carbocycles. The Labute approximate surface area is 573 Å². The number of amides is 5. The van der Waals surface area contributed by atoms with E-state index in [4.69, 9.17) is 32.9 Å². The van der Waals surface area contributed by atoms with Crippen LogP contribution in [-0.2, 0) is 61.9 Å². The average Bonchev–Trinajstić information content (AvgIpc) is 1.68. The Hall–Kier alpha value is -5.88. The second-order valence-corrected chi connectivity index (χ2v) is 46.2. The largest absolute Gasteiger partial charge is 0.543 e. The molecule has 0 aromatic heterocycles. The monoisotopic (exact) mass is 1370 g/mol. The van der Waals surface area contributed by atoms with E-state index in [0.29, 0.717) is 58.1 Å². The molecule has 4 N–H and O–H groups in total. The minimum atomic E-state index is -2.75. The molecule has 18 nitrogen and oxygen atoms in total. The Morgan fingerprint density at radius 2 is 1.09 bits per heavy atom. The maximum atomic E-state index is 16.2. The Kier molecular flexibility index (Phi) is 30.3. The zero-order valence-electron chi connectivity index (χ0n) is 61.5. The Morgan fingerprint density at radius 1 is 0.589 bits per heavy atom. The zero-order chi connectivity index (χ0) is 70.9. The number of nitrogens with zero attached hydrogens (tertiary/aromatic N) is 2. The standard InChI is InChI=1S/C74H120N6O12Si3/c1-47(2)41-64(77-69(82)67(92-95(54(15)16,55(17)18)56(19)20)42-57-34-37-61(38-35-57)90-93(48(3)4,49(5)6)50(7)8)70(83)80-65-44-62(91-94(51(9)10,52(11)12)53(13)14)39-36-60(65)43-66(80)68(81)76-63(71(84)87-21)33-28-40-79(74(86)89-46-59-31-26-23-27-32-59)72(75)78-73(85)88-45-58-29-24-22-25-30-58/h22-27,29-32,34-35,37-38,47-56,60,62-67H,28,33,36,39-46H2,1-21H3,(H,76,81)(H,77,82)(H2,75,78,85)/t60-,62+,63+,64+,65-,66-,67+/m0/s1. The van der Waals surface area contributed by atoms with Gasteiger partial charge >= 0.3 is 18.2 Å². The number of ether oxygens (including phenoxy) is 3. The summed E-state index contributed by atoms with van der Waals surface area (Å²) in [7, 11) is -6.23. The summed E-state index contributed by atoms with van der Waals surface area (Å²) in [4.78, 5) is 90.8. The number of carbonyl (C=O) groups excluding carboxylic acids is 6. The number of likely N-dealkylation sites (tertiary alicyclic amines) is 1. The molecule has 0 spiro atoms. The first-order valence-electron chi connectivity index (χ1n) is 35.4. The van der Waals surface area contributed by atoms with E-state index in [9.17, 15) is 14.4 Å². The summed E-state index contributed by atoms with van der Waals surface area (Å²) in [6.45, 7) is 43.9. The quantitative estimate of drug-likeness (QED) is 0.0147. The normalized spacial score (nSPS) is 18.0. The van der Waals surface area contributed by atoms with E-state index in [1.165, 1.54) is 7.11 Å². The van der Waals surface area contributed by atoms with Gasteiger partial charge in [0.05, 0.1) is 7.11 Å². The van der Waals surface area contributed by atoms with Gasteiger partial charge in [-0.15, -0.1) is 0 Å². The lowest BCUT2D eigenvalue weighted by Gasteiger charge is -2.47. The van der Waals surface area contributed by atoms with Crippen LogP contribution in [-0.4, -0.2) is 127 Å². The minimum absolute atomic E-state index is 0.0171. The summed E-state index contributed by atoms with van der Waals surface area (Å²) < 4.78 is 38.4. The summed E-state index contributed by atoms with van der Waals surface area (Å²) in [5.41, 5.74) is 4.82. The van der Waals surface area contributed by atoms with Crippen LogP contribution in [0.2, 0.25) is 49.9 Å². The predicted molar refractivity (Wildman–Crippen MR) is 385 cm³/mol. The number of esters is 1. The SMILES string of the molecule is COC(=O)[C@@H](CCCN(C(=N)NC(=O)OCc1ccccc1)C(=O)OCc1ccccc1)NC(=O)[C@@H]1C[C@@H]2CC[C@@H](O[Si](C(C)C)(C(C)C)C(C)C)C[C@@H]2N1C(=O)[C@@H](CC(C)C)NC(=O)[C@@H](Cc1ccc(O[Si](C(C)C)(C(C)C)C(C)C)cc1)O[Si](C(C)C)(C(C)C)C(C)C. The summed E-state index contributed by atoms with van der Waals surface area (Å²) in [5.74, 6) is -2.08. The summed E-state index contributed by atoms with van der Waals surface area (Å²) in [5, 5.41) is 17.5. The second-order valence-electron chi connectivity index (χ2n) is 30.0. The van der Waals surface area contributed by atoms with Crippen molar-refractivity contribution in [3.63, 3.8) is 0 Å². The molecule has 0 unspecified atom stereocenters. The van der Waals surface area contributed by atoms with Crippen molar-refractivity contribution in [3.05, 3.63) is 102 Å². The molecule has 3 aromatic carbocycles. The van der Waals surface area contributed by atoms with E-state index in [0.717, 1.165) is 28.2 Å². The van der Waals surface area contributed by atoms with Crippen molar-refractivity contribution in [2.24, 2.45) is 11.8 Å². The number of guanidine groups is 1. The van der Waals surface area contributed by atoms with Crippen molar-refractivity contribution in [2.45, 2.75) is 289 Å². The van der Waals surface area contributed by atoms with Gasteiger partial charge in [-0.25, -0.2) is 19.3 Å². The van der Waals surface area contributed by atoms with Crippen LogP contribution < -0.4 is 20.4 Å². The molecular weight excluding hydrogens is 1250 g/mol. The fraction of sp³-hybridized carbons (Fsp3) is 0.662. The molecule has 5 amide bonds. The third-order valence-electron chi connectivity index (χ3n) is 20.6. The zero-order valence-corrected chi connectivity index (χ0v) is 64.5. The second kappa shape index (κ2) is 36.1. The van der Waals surface area contributed by atoms with Crippen molar-refractivity contribution in [3.8, 4) is 5.75 Å². The van der Waals surface area contributed by atoms with Crippen LogP contribution in [0.25, 0.3) is 0 Å². The molecule has 1 heterocycles. The molecule has 1 saturated heterocycles. The summed E-state index contributed by atoms with van der Waals surface area (Å²) >= 11 is 0. The van der Waals surface area contributed by atoms with Crippen LogP contribution in [0.1, 0.15) is 200 Å². The average molecular weight is 1370 g/mol. The van der Waals surface area contributed by atoms with Crippen molar-refractivity contribution >= 4 is 66.8 Å². The van der Waals surface area contributed by atoms with Gasteiger partial charge < -0.3 is 43.0 Å². The van der Waals surface area contributed by atoms with Gasteiger partial charge in [0.1, 0.15) is 43.2 Å². The highest BCUT2D eigenvalue weighted by atomic mass is 28.4. The van der Waals surface area contributed by atoms with Crippen molar-refractivity contribution in [1.29, 1.82) is 5.41 Å². The molecule has 0 radical (unpaired) electrons. The molecule has 2 fully saturated rings. The molecule has 2 aliphatic rings. The van der Waals surface area contributed by atoms with Crippen LogP contribution in [0, 0.1) is 17.2 Å². The number of rotatable bonds is 33. The Bertz CT molecular complexity index is 2880. The lowest BCUT2D eigenvalue weighted by Crippen LogP contribution is -2.60. The number of nitrogens with one attached hydrogen (secondary N) is 4. The van der Waals surface area contributed by atoms with Gasteiger partial charge in [0.15, 0.2) is 0 Å². The van der Waals surface area contributed by atoms with E-state index >= 15 is 14.4 Å². The first-order chi connectivity index (χ1) is 44.7. The van der Waals surface area contributed by atoms with Gasteiger partial charge in [-0.05, 0) is 135 Å². The molecule has 1 saturated carbocycles. The van der Waals surface area contributed by atoms with E-state index in [2.05, 4.69) is 141 Å². The first kappa shape index (κ1) is 79.8. The van der Waals surface area contributed by atoms with E-state index < -0.39 is 91.2 Å². The third-order valence-corrected chi connectivity index (χ3v) is 38.8. The minimum Gasteiger partial charge on any atom is -0.543 e. The number of hydrogen-bond donors (Lipinski definition) is 4. The molecule has 3 aromatic rings. The van der Waals surface area contributed by atoms with Crippen LogP contribution in [0.4, 0.5) is 9.59 Å². The van der Waals surface area contributed by atoms with Crippen LogP contribution >= 0.6 is 0 Å². The smallest absolute Gasteiger partial charge is 0.416 e. The van der Waals surface area contributed by atoms with Gasteiger partial charge in [-0.1, -0.05) is 211 Å². The molecule has 5 rings (SSSR count). The van der Waals surface area contributed by atoms with Crippen molar-refractivity contribution in [2.75, 3.05) is 13.7 Å². The van der Waals surface area contributed by atoms with Gasteiger partial charge in [0.25, 0.3) is 8.32 Å². The highest BCUT2D eigenvalue weighted by Gasteiger charge is 2.55. The number of carbonyl (C=O) groups is 6. The predicted octanol–water partition coefficient (Wildman–Crippen LogP) is 16.1. The lowest BCUT2D eigenvalue weighted by molar-refractivity contribution is -0.148. The molecule has 95 heavy (non-hydrogen) atoms. The molecule has 21 heteroatoms. The number of fused-ring (bicyclic) bond motifs is 1. The number of methoxy groups -OCH3 is 1. The van der Waals surface area contributed by atoms with Crippen molar-refractivity contribution < 1.29 is 56.3 Å². The number of benzene rings is 3. The van der Waals surface area contributed by atoms with E-state index in [1.807, 2.05) is 50.2 Å². The fourth-order valence-corrected chi connectivity index (χ4v) is 32.7. The number of hydrogen-bond acceptors (Lipinski definition) is 13. The topological polar surface area (TPSA) is 224 Å². The molecule has 1 aliphatic heterocycles.